The Hall–Kier alpha value is -3.71. The number of rotatable bonds is 12. The van der Waals surface area contributed by atoms with Crippen molar-refractivity contribution in [2.24, 2.45) is 5.41 Å². The minimum absolute atomic E-state index is 0. The lowest BCUT2D eigenvalue weighted by molar-refractivity contribution is -0.137. The van der Waals surface area contributed by atoms with E-state index in [1.54, 1.807) is 21.1 Å². The normalized spacial score (nSPS) is 17.5. The lowest BCUT2D eigenvalue weighted by Crippen LogP contribution is -2.59. The summed E-state index contributed by atoms with van der Waals surface area (Å²) in [4.78, 5) is 51.0. The summed E-state index contributed by atoms with van der Waals surface area (Å²) in [5.41, 5.74) is 2.40. The molecule has 2 aliphatic heterocycles. The van der Waals surface area contributed by atoms with Crippen LogP contribution < -0.4 is 36.2 Å². The highest BCUT2D eigenvalue weighted by Gasteiger charge is 2.39. The second-order valence-corrected chi connectivity index (χ2v) is 13.8. The first-order valence-electron chi connectivity index (χ1n) is 16.7. The Labute approximate surface area is 299 Å². The van der Waals surface area contributed by atoms with Crippen molar-refractivity contribution in [1.82, 2.24) is 31.2 Å². The lowest BCUT2D eigenvalue weighted by Gasteiger charge is -2.35. The second kappa shape index (κ2) is 16.8. The van der Waals surface area contributed by atoms with E-state index >= 15 is 0 Å². The number of ether oxygens (including phenoxy) is 1. The van der Waals surface area contributed by atoms with Gasteiger partial charge in [-0.25, -0.2) is 9.97 Å². The maximum Gasteiger partial charge on any atom is 0.249 e. The van der Waals surface area contributed by atoms with Crippen LogP contribution in [0, 0.1) is 5.41 Å². The molecule has 2 saturated heterocycles. The van der Waals surface area contributed by atoms with Crippen LogP contribution in [0.3, 0.4) is 0 Å². The van der Waals surface area contributed by atoms with Crippen molar-refractivity contribution in [3.63, 3.8) is 0 Å². The van der Waals surface area contributed by atoms with Crippen molar-refractivity contribution in [3.05, 3.63) is 47.2 Å². The molecule has 3 amide bonds. The number of aromatic nitrogens is 2. The van der Waals surface area contributed by atoms with Crippen LogP contribution >= 0.6 is 24.0 Å². The number of likely N-dealkylation sites (N-methyl/N-ethyl adjacent to an activating group) is 1. The maximum atomic E-state index is 13.7. The number of amides is 3. The molecule has 2 aliphatic rings. The van der Waals surface area contributed by atoms with Crippen LogP contribution in [0.4, 0.5) is 17.2 Å². The number of hydrogen-bond donors (Lipinski definition) is 5. The van der Waals surface area contributed by atoms with Gasteiger partial charge in [0.05, 0.1) is 35.4 Å². The number of benzene rings is 2. The standard InChI is InChI=1S/C35H47ClN8O4.ClH/c1-21(37-4)32(45)42-30(34(47)43-33(46)26-10-9-13-38-26)35(2,3)19-22-16-24-27(18-29(22)48-5)39-20-40-31(24)41-23-11-12-28(25(36)17-23)44-14-7-6-8-15-44;/h11-12,16-18,20-21,26,30,37-38H,6-10,13-15,19H2,1-5H3,(H,42,45)(H,39,40,41)(H,43,46,47);1H/t21-,26-,30+;/m0./s1. The Morgan fingerprint density at radius 3 is 2.49 bits per heavy atom. The zero-order valence-electron chi connectivity index (χ0n) is 28.8. The van der Waals surface area contributed by atoms with Crippen LogP contribution in [0.5, 0.6) is 5.75 Å². The molecule has 5 rings (SSSR count). The van der Waals surface area contributed by atoms with Crippen LogP contribution in [0.15, 0.2) is 36.7 Å². The molecule has 5 N–H and O–H groups in total. The number of carbonyl (C=O) groups excluding carboxylic acids is 3. The van der Waals surface area contributed by atoms with Crippen molar-refractivity contribution in [2.45, 2.75) is 77.4 Å². The van der Waals surface area contributed by atoms with E-state index in [2.05, 4.69) is 41.5 Å². The molecule has 0 unspecified atom stereocenters. The maximum absolute atomic E-state index is 13.7. The fraction of sp³-hybridized carbons (Fsp3) is 0.514. The summed E-state index contributed by atoms with van der Waals surface area (Å²) >= 11 is 6.75. The van der Waals surface area contributed by atoms with E-state index in [4.69, 9.17) is 16.3 Å². The van der Waals surface area contributed by atoms with Gasteiger partial charge in [0.1, 0.15) is 23.9 Å². The van der Waals surface area contributed by atoms with E-state index in [-0.39, 0.29) is 18.3 Å². The molecule has 0 saturated carbocycles. The minimum atomic E-state index is -1.03. The molecule has 0 aliphatic carbocycles. The minimum Gasteiger partial charge on any atom is -0.496 e. The number of anilines is 3. The molecule has 0 radical (unpaired) electrons. The van der Waals surface area contributed by atoms with Gasteiger partial charge in [-0.1, -0.05) is 25.4 Å². The topological polar surface area (TPSA) is 150 Å². The third kappa shape index (κ3) is 9.10. The van der Waals surface area contributed by atoms with Crippen molar-refractivity contribution in [3.8, 4) is 5.75 Å². The summed E-state index contributed by atoms with van der Waals surface area (Å²) in [7, 11) is 3.25. The average molecular weight is 716 g/mol. The van der Waals surface area contributed by atoms with E-state index < -0.39 is 35.4 Å². The Bertz CT molecular complexity index is 1640. The van der Waals surface area contributed by atoms with Crippen LogP contribution in [-0.4, -0.2) is 79.6 Å². The SMILES string of the molecule is CN[C@@H](C)C(=O)N[C@H](C(=O)NC(=O)[C@@H]1CCCN1)C(C)(C)Cc1cc2c(Nc3ccc(N4CCCCC4)c(Cl)c3)ncnc2cc1OC.Cl. The molecule has 49 heavy (non-hydrogen) atoms. The summed E-state index contributed by atoms with van der Waals surface area (Å²) in [6, 6.07) is 7.72. The molecule has 3 heterocycles. The Balaban J connectivity index is 0.00000541. The Morgan fingerprint density at radius 1 is 1.08 bits per heavy atom. The van der Waals surface area contributed by atoms with Gasteiger partial charge in [-0.2, -0.15) is 0 Å². The molecule has 3 aromatic rings. The number of carbonyl (C=O) groups is 3. The largest absolute Gasteiger partial charge is 0.496 e. The Kier molecular flexibility index (Phi) is 13.1. The molecule has 0 spiro atoms. The predicted octanol–water partition coefficient (Wildman–Crippen LogP) is 4.50. The molecule has 2 fully saturated rings. The quantitative estimate of drug-likeness (QED) is 0.182. The van der Waals surface area contributed by atoms with E-state index in [0.717, 1.165) is 61.2 Å². The van der Waals surface area contributed by atoms with Gasteiger partial charge >= 0.3 is 0 Å². The third-order valence-corrected chi connectivity index (χ3v) is 9.67. The summed E-state index contributed by atoms with van der Waals surface area (Å²) in [5, 5.41) is 16.3. The summed E-state index contributed by atoms with van der Waals surface area (Å²) < 4.78 is 5.79. The number of methoxy groups -OCH3 is 1. The van der Waals surface area contributed by atoms with Gasteiger partial charge in [0, 0.05) is 30.2 Å². The summed E-state index contributed by atoms with van der Waals surface area (Å²) in [6.07, 6.45) is 6.89. The number of fused-ring (bicyclic) bond motifs is 1. The van der Waals surface area contributed by atoms with Gasteiger partial charge in [0.25, 0.3) is 0 Å². The first kappa shape index (κ1) is 38.1. The Morgan fingerprint density at radius 2 is 1.84 bits per heavy atom. The number of hydrogen-bond acceptors (Lipinski definition) is 10. The smallest absolute Gasteiger partial charge is 0.249 e. The number of piperidine rings is 1. The van der Waals surface area contributed by atoms with E-state index in [1.165, 1.54) is 12.7 Å². The average Bonchev–Trinajstić information content (AvgIpc) is 3.62. The molecular weight excluding hydrogens is 667 g/mol. The molecule has 3 atom stereocenters. The van der Waals surface area contributed by atoms with Gasteiger partial charge in [-0.15, -0.1) is 12.4 Å². The fourth-order valence-corrected chi connectivity index (χ4v) is 6.77. The van der Waals surface area contributed by atoms with Crippen molar-refractivity contribution < 1.29 is 19.1 Å². The monoisotopic (exact) mass is 714 g/mol. The molecule has 266 valence electrons. The third-order valence-electron chi connectivity index (χ3n) is 9.37. The van der Waals surface area contributed by atoms with E-state index in [1.807, 2.05) is 44.2 Å². The molecule has 12 nitrogen and oxygen atoms in total. The zero-order valence-corrected chi connectivity index (χ0v) is 30.4. The van der Waals surface area contributed by atoms with Crippen LogP contribution in [0.1, 0.15) is 58.4 Å². The van der Waals surface area contributed by atoms with Gasteiger partial charge in [0.15, 0.2) is 0 Å². The van der Waals surface area contributed by atoms with Gasteiger partial charge < -0.3 is 30.9 Å². The summed E-state index contributed by atoms with van der Waals surface area (Å²) in [5.74, 6) is -0.148. The fourth-order valence-electron chi connectivity index (χ4n) is 6.47. The number of halogens is 2. The van der Waals surface area contributed by atoms with Crippen LogP contribution in [0.25, 0.3) is 10.9 Å². The first-order valence-corrected chi connectivity index (χ1v) is 17.1. The van der Waals surface area contributed by atoms with Crippen molar-refractivity contribution in [1.29, 1.82) is 0 Å². The highest BCUT2D eigenvalue weighted by Crippen LogP contribution is 2.37. The number of nitrogens with zero attached hydrogens (tertiary/aromatic N) is 3. The van der Waals surface area contributed by atoms with E-state index in [0.29, 0.717) is 34.9 Å². The molecular formula is C35H48Cl2N8O4. The molecule has 14 heteroatoms. The van der Waals surface area contributed by atoms with Crippen molar-refractivity contribution in [2.75, 3.05) is 44.0 Å². The molecule has 1 aromatic heterocycles. The van der Waals surface area contributed by atoms with Crippen LogP contribution in [0.2, 0.25) is 5.02 Å². The van der Waals surface area contributed by atoms with Gasteiger partial charge in [0.2, 0.25) is 17.7 Å². The lowest BCUT2D eigenvalue weighted by atomic mass is 9.77. The van der Waals surface area contributed by atoms with Crippen LogP contribution in [-0.2, 0) is 20.8 Å². The molecule has 0 bridgehead atoms. The number of nitrogens with one attached hydrogen (secondary N) is 5. The molecule has 2 aromatic carbocycles. The highest BCUT2D eigenvalue weighted by molar-refractivity contribution is 6.33. The summed E-state index contributed by atoms with van der Waals surface area (Å²) in [6.45, 7) is 8.20. The highest BCUT2D eigenvalue weighted by atomic mass is 35.5. The second-order valence-electron chi connectivity index (χ2n) is 13.4. The predicted molar refractivity (Wildman–Crippen MR) is 196 cm³/mol. The first-order chi connectivity index (χ1) is 23.0. The van der Waals surface area contributed by atoms with Crippen molar-refractivity contribution >= 4 is 69.8 Å². The zero-order chi connectivity index (χ0) is 34.4. The van der Waals surface area contributed by atoms with Gasteiger partial charge in [-0.3, -0.25) is 19.7 Å². The van der Waals surface area contributed by atoms with E-state index in [9.17, 15) is 14.4 Å². The van der Waals surface area contributed by atoms with Gasteiger partial charge in [-0.05, 0) is 94.3 Å². The number of imide groups is 1.